The molecule has 80 valence electrons. The smallest absolute Gasteiger partial charge is 0.330 e. The number of methoxy groups -OCH3 is 2. The molecule has 2 N–H and O–H groups in total. The van der Waals surface area contributed by atoms with Crippen LogP contribution in [0.25, 0.3) is 6.08 Å². The predicted molar refractivity (Wildman–Crippen MR) is 58.5 cm³/mol. The van der Waals surface area contributed by atoms with E-state index >= 15 is 0 Å². The van der Waals surface area contributed by atoms with Crippen molar-refractivity contribution in [3.8, 4) is 5.75 Å². The molecule has 0 bridgehead atoms. The minimum Gasteiger partial charge on any atom is -0.495 e. The second kappa shape index (κ2) is 5.05. The summed E-state index contributed by atoms with van der Waals surface area (Å²) in [4.78, 5) is 10.9. The van der Waals surface area contributed by atoms with Crippen molar-refractivity contribution in [3.63, 3.8) is 0 Å². The Hall–Kier alpha value is -1.97. The summed E-state index contributed by atoms with van der Waals surface area (Å²) in [6.07, 6.45) is 2.90. The van der Waals surface area contributed by atoms with E-state index in [1.54, 1.807) is 31.4 Å². The summed E-state index contributed by atoms with van der Waals surface area (Å²) in [6, 6.07) is 5.34. The molecule has 1 rings (SSSR count). The first-order valence-corrected chi connectivity index (χ1v) is 4.37. The van der Waals surface area contributed by atoms with Crippen LogP contribution in [-0.2, 0) is 9.53 Å². The molecule has 1 aromatic rings. The van der Waals surface area contributed by atoms with Gasteiger partial charge in [0.15, 0.2) is 0 Å². The Morgan fingerprint density at radius 2 is 2.13 bits per heavy atom. The molecule has 0 heterocycles. The SMILES string of the molecule is COC(=O)C=Cc1cccc(OC)c1N. The summed E-state index contributed by atoms with van der Waals surface area (Å²) < 4.78 is 9.51. The number of carbonyl (C=O) groups is 1. The Kier molecular flexibility index (Phi) is 3.74. The molecule has 0 fully saturated rings. The predicted octanol–water partition coefficient (Wildman–Crippen LogP) is 1.46. The van der Waals surface area contributed by atoms with Crippen LogP contribution < -0.4 is 10.5 Å². The van der Waals surface area contributed by atoms with Gasteiger partial charge in [-0.3, -0.25) is 0 Å². The van der Waals surface area contributed by atoms with Gasteiger partial charge in [0.05, 0.1) is 19.9 Å². The van der Waals surface area contributed by atoms with Gasteiger partial charge in [-0.1, -0.05) is 12.1 Å². The molecule has 0 radical (unpaired) electrons. The van der Waals surface area contributed by atoms with Crippen molar-refractivity contribution >= 4 is 17.7 Å². The molecule has 0 aliphatic rings. The highest BCUT2D eigenvalue weighted by Crippen LogP contribution is 2.25. The Labute approximate surface area is 88.3 Å². The first kappa shape index (κ1) is 11.1. The van der Waals surface area contributed by atoms with Crippen LogP contribution in [0.4, 0.5) is 5.69 Å². The molecule has 4 heteroatoms. The fraction of sp³-hybridized carbons (Fsp3) is 0.182. The zero-order valence-electron chi connectivity index (χ0n) is 8.69. The lowest BCUT2D eigenvalue weighted by Gasteiger charge is -2.06. The number of rotatable bonds is 3. The number of hydrogen-bond donors (Lipinski definition) is 1. The van der Waals surface area contributed by atoms with Gasteiger partial charge in [0.25, 0.3) is 0 Å². The summed E-state index contributed by atoms with van der Waals surface area (Å²) in [6.45, 7) is 0. The topological polar surface area (TPSA) is 61.5 Å². The summed E-state index contributed by atoms with van der Waals surface area (Å²) in [7, 11) is 2.86. The standard InChI is InChI=1S/C11H13NO3/c1-14-9-5-3-4-8(11(9)12)6-7-10(13)15-2/h3-7H,12H2,1-2H3. The molecule has 0 unspecified atom stereocenters. The number of hydrogen-bond acceptors (Lipinski definition) is 4. The Morgan fingerprint density at radius 3 is 2.73 bits per heavy atom. The third-order valence-electron chi connectivity index (χ3n) is 1.92. The van der Waals surface area contributed by atoms with Crippen molar-refractivity contribution in [3.05, 3.63) is 29.8 Å². The van der Waals surface area contributed by atoms with Gasteiger partial charge in [0.2, 0.25) is 0 Å². The first-order chi connectivity index (χ1) is 7.19. The van der Waals surface area contributed by atoms with Crippen molar-refractivity contribution in [2.24, 2.45) is 0 Å². The van der Waals surface area contributed by atoms with Crippen LogP contribution in [0.5, 0.6) is 5.75 Å². The lowest BCUT2D eigenvalue weighted by molar-refractivity contribution is -0.134. The molecule has 1 aromatic carbocycles. The summed E-state index contributed by atoms with van der Waals surface area (Å²) >= 11 is 0. The molecule has 0 spiro atoms. The van der Waals surface area contributed by atoms with Crippen LogP contribution in [0.1, 0.15) is 5.56 Å². The Morgan fingerprint density at radius 1 is 1.40 bits per heavy atom. The zero-order valence-corrected chi connectivity index (χ0v) is 8.69. The van der Waals surface area contributed by atoms with E-state index < -0.39 is 5.97 Å². The van der Waals surface area contributed by atoms with E-state index in [-0.39, 0.29) is 0 Å². The summed E-state index contributed by atoms with van der Waals surface area (Å²) in [5, 5.41) is 0. The molecule has 4 nitrogen and oxygen atoms in total. The van der Waals surface area contributed by atoms with E-state index in [1.807, 2.05) is 0 Å². The van der Waals surface area contributed by atoms with E-state index in [4.69, 9.17) is 10.5 Å². The average molecular weight is 207 g/mol. The van der Waals surface area contributed by atoms with Crippen LogP contribution in [0.3, 0.4) is 0 Å². The molecule has 0 aliphatic heterocycles. The molecule has 0 aromatic heterocycles. The van der Waals surface area contributed by atoms with Crippen molar-refractivity contribution < 1.29 is 14.3 Å². The van der Waals surface area contributed by atoms with Gasteiger partial charge in [0, 0.05) is 11.6 Å². The number of para-hydroxylation sites is 1. The summed E-state index contributed by atoms with van der Waals surface area (Å²) in [5.41, 5.74) is 7.02. The van der Waals surface area contributed by atoms with E-state index in [0.717, 1.165) is 5.56 Å². The van der Waals surface area contributed by atoms with Crippen LogP contribution in [0.15, 0.2) is 24.3 Å². The third-order valence-corrected chi connectivity index (χ3v) is 1.92. The van der Waals surface area contributed by atoms with Crippen LogP contribution in [0.2, 0.25) is 0 Å². The van der Waals surface area contributed by atoms with Crippen molar-refractivity contribution in [1.29, 1.82) is 0 Å². The molecule has 0 atom stereocenters. The van der Waals surface area contributed by atoms with Crippen molar-refractivity contribution in [1.82, 2.24) is 0 Å². The van der Waals surface area contributed by atoms with Crippen LogP contribution in [0, 0.1) is 0 Å². The number of esters is 1. The van der Waals surface area contributed by atoms with Crippen LogP contribution >= 0.6 is 0 Å². The summed E-state index contributed by atoms with van der Waals surface area (Å²) in [5.74, 6) is 0.166. The molecular weight excluding hydrogens is 194 g/mol. The lowest BCUT2D eigenvalue weighted by Crippen LogP contribution is -1.96. The number of ether oxygens (including phenoxy) is 2. The largest absolute Gasteiger partial charge is 0.495 e. The van der Waals surface area contributed by atoms with Crippen molar-refractivity contribution in [2.75, 3.05) is 20.0 Å². The third kappa shape index (κ3) is 2.74. The minimum atomic E-state index is -0.419. The fourth-order valence-corrected chi connectivity index (χ4v) is 1.11. The number of nitrogens with two attached hydrogens (primary N) is 1. The quantitative estimate of drug-likeness (QED) is 0.463. The Bertz CT molecular complexity index is 385. The molecule has 0 aliphatic carbocycles. The van der Waals surface area contributed by atoms with Gasteiger partial charge in [-0.15, -0.1) is 0 Å². The van der Waals surface area contributed by atoms with Gasteiger partial charge in [-0.05, 0) is 12.1 Å². The first-order valence-electron chi connectivity index (χ1n) is 4.37. The maximum atomic E-state index is 10.9. The monoisotopic (exact) mass is 207 g/mol. The average Bonchev–Trinajstić information content (AvgIpc) is 2.27. The molecule has 15 heavy (non-hydrogen) atoms. The van der Waals surface area contributed by atoms with Crippen LogP contribution in [-0.4, -0.2) is 20.2 Å². The van der Waals surface area contributed by atoms with Crippen molar-refractivity contribution in [2.45, 2.75) is 0 Å². The number of benzene rings is 1. The second-order valence-electron chi connectivity index (χ2n) is 2.82. The molecular formula is C11H13NO3. The van der Waals surface area contributed by atoms with E-state index in [1.165, 1.54) is 13.2 Å². The van der Waals surface area contributed by atoms with E-state index in [9.17, 15) is 4.79 Å². The van der Waals surface area contributed by atoms with Gasteiger partial charge >= 0.3 is 5.97 Å². The second-order valence-corrected chi connectivity index (χ2v) is 2.82. The van der Waals surface area contributed by atoms with Gasteiger partial charge in [-0.2, -0.15) is 0 Å². The highest BCUT2D eigenvalue weighted by molar-refractivity contribution is 5.88. The van der Waals surface area contributed by atoms with Gasteiger partial charge in [0.1, 0.15) is 5.75 Å². The number of nitrogen functional groups attached to an aromatic ring is 1. The molecule has 0 amide bonds. The Balaban J connectivity index is 2.95. The zero-order chi connectivity index (χ0) is 11.3. The van der Waals surface area contributed by atoms with Gasteiger partial charge < -0.3 is 15.2 Å². The fourth-order valence-electron chi connectivity index (χ4n) is 1.11. The number of carbonyl (C=O) groups excluding carboxylic acids is 1. The molecule has 0 saturated heterocycles. The van der Waals surface area contributed by atoms with E-state index in [0.29, 0.717) is 11.4 Å². The van der Waals surface area contributed by atoms with Gasteiger partial charge in [-0.25, -0.2) is 4.79 Å². The lowest BCUT2D eigenvalue weighted by atomic mass is 10.1. The highest BCUT2D eigenvalue weighted by Gasteiger charge is 2.02. The number of anilines is 1. The maximum Gasteiger partial charge on any atom is 0.330 e. The highest BCUT2D eigenvalue weighted by atomic mass is 16.5. The maximum absolute atomic E-state index is 10.9. The normalized spacial score (nSPS) is 10.3. The minimum absolute atomic E-state index is 0.419. The van der Waals surface area contributed by atoms with E-state index in [2.05, 4.69) is 4.74 Å². The molecule has 0 saturated carbocycles.